The second kappa shape index (κ2) is 10.9. The van der Waals surface area contributed by atoms with Crippen LogP contribution in [0.5, 0.6) is 5.88 Å². The van der Waals surface area contributed by atoms with Crippen LogP contribution in [0, 0.1) is 6.92 Å². The van der Waals surface area contributed by atoms with Crippen molar-refractivity contribution < 1.29 is 27.9 Å². The Hall–Kier alpha value is -4.47. The third kappa shape index (κ3) is 5.44. The van der Waals surface area contributed by atoms with Gasteiger partial charge in [-0.05, 0) is 55.2 Å². The molecule has 4 aromatic rings. The van der Waals surface area contributed by atoms with E-state index in [-0.39, 0.29) is 23.8 Å². The standard InChI is InChI=1S/C28H27FN4O5/c1-17-6-3-4-7-20(17)31-28-32-21-11-9-18(14-23(21)37-28)15-25(34)33-13-5-8-22(33)26(29)38-24-12-10-19(16-30-24)27(35)36-2/h3-4,6-7,9-12,14,16,22,26H,5,8,13,15H2,1-2H3,(H,31,32)/t22-,26?/m0/s1. The van der Waals surface area contributed by atoms with Gasteiger partial charge in [-0.25, -0.2) is 9.78 Å². The summed E-state index contributed by atoms with van der Waals surface area (Å²) >= 11 is 0. The van der Waals surface area contributed by atoms with Gasteiger partial charge in [0.1, 0.15) is 5.52 Å². The van der Waals surface area contributed by atoms with Gasteiger partial charge in [-0.15, -0.1) is 0 Å². The molecule has 2 atom stereocenters. The van der Waals surface area contributed by atoms with E-state index in [9.17, 15) is 9.59 Å². The number of carbonyl (C=O) groups excluding carboxylic acids is 2. The van der Waals surface area contributed by atoms with Crippen LogP contribution >= 0.6 is 0 Å². The van der Waals surface area contributed by atoms with Gasteiger partial charge in [-0.1, -0.05) is 24.3 Å². The van der Waals surface area contributed by atoms with Crippen LogP contribution in [0.15, 0.2) is 65.2 Å². The van der Waals surface area contributed by atoms with E-state index in [0.717, 1.165) is 16.8 Å². The number of esters is 1. The number of anilines is 2. The molecule has 9 nitrogen and oxygen atoms in total. The average molecular weight is 519 g/mol. The summed E-state index contributed by atoms with van der Waals surface area (Å²) in [6.07, 6.45) is 0.732. The summed E-state index contributed by atoms with van der Waals surface area (Å²) in [5, 5.41) is 3.18. The molecule has 0 bridgehead atoms. The van der Waals surface area contributed by atoms with Gasteiger partial charge in [0.15, 0.2) is 5.58 Å². The van der Waals surface area contributed by atoms with Crippen molar-refractivity contribution in [1.82, 2.24) is 14.9 Å². The van der Waals surface area contributed by atoms with E-state index in [4.69, 9.17) is 9.15 Å². The number of oxazole rings is 1. The third-order valence-electron chi connectivity index (χ3n) is 6.51. The third-order valence-corrected chi connectivity index (χ3v) is 6.51. The largest absolute Gasteiger partial charge is 0.465 e. The Morgan fingerprint density at radius 2 is 2.05 bits per heavy atom. The Morgan fingerprint density at radius 3 is 2.82 bits per heavy atom. The van der Waals surface area contributed by atoms with Crippen LogP contribution in [0.4, 0.5) is 16.1 Å². The van der Waals surface area contributed by atoms with Gasteiger partial charge in [0.25, 0.3) is 12.4 Å². The molecule has 38 heavy (non-hydrogen) atoms. The van der Waals surface area contributed by atoms with Crippen molar-refractivity contribution in [3.63, 3.8) is 0 Å². The summed E-state index contributed by atoms with van der Waals surface area (Å²) in [4.78, 5) is 34.6. The number of para-hydroxylation sites is 1. The second-order valence-electron chi connectivity index (χ2n) is 9.08. The van der Waals surface area contributed by atoms with Crippen molar-refractivity contribution in [2.45, 2.75) is 38.6 Å². The number of hydrogen-bond acceptors (Lipinski definition) is 8. The Bertz CT molecular complexity index is 1460. The fraction of sp³-hybridized carbons (Fsp3) is 0.286. The van der Waals surface area contributed by atoms with Crippen LogP contribution in [-0.4, -0.2) is 52.8 Å². The van der Waals surface area contributed by atoms with Crippen molar-refractivity contribution in [2.75, 3.05) is 19.0 Å². The monoisotopic (exact) mass is 518 g/mol. The molecule has 1 fully saturated rings. The predicted octanol–water partition coefficient (Wildman–Crippen LogP) is 4.97. The molecule has 1 unspecified atom stereocenters. The number of aryl methyl sites for hydroxylation is 1. The van der Waals surface area contributed by atoms with Crippen LogP contribution in [0.3, 0.4) is 0 Å². The molecule has 1 aliphatic rings. The molecule has 5 rings (SSSR count). The fourth-order valence-corrected chi connectivity index (χ4v) is 4.49. The lowest BCUT2D eigenvalue weighted by atomic mass is 10.1. The van der Waals surface area contributed by atoms with Gasteiger partial charge >= 0.3 is 5.97 Å². The number of rotatable bonds is 8. The first-order chi connectivity index (χ1) is 18.4. The number of aromatic nitrogens is 2. The number of benzene rings is 2. The number of carbonyl (C=O) groups is 2. The minimum Gasteiger partial charge on any atom is -0.465 e. The van der Waals surface area contributed by atoms with E-state index in [1.807, 2.05) is 37.3 Å². The molecule has 2 aromatic carbocycles. The van der Waals surface area contributed by atoms with Crippen molar-refractivity contribution >= 4 is 34.7 Å². The molecule has 1 saturated heterocycles. The predicted molar refractivity (Wildman–Crippen MR) is 138 cm³/mol. The molecular formula is C28H27FN4O5. The van der Waals surface area contributed by atoms with Crippen molar-refractivity contribution in [1.29, 1.82) is 0 Å². The maximum atomic E-state index is 15.1. The maximum Gasteiger partial charge on any atom is 0.339 e. The smallest absolute Gasteiger partial charge is 0.339 e. The molecule has 0 spiro atoms. The normalized spacial score (nSPS) is 15.9. The number of nitrogens with zero attached hydrogens (tertiary/aromatic N) is 3. The van der Waals surface area contributed by atoms with E-state index in [0.29, 0.717) is 36.5 Å². The number of amides is 1. The maximum absolute atomic E-state index is 15.1. The van der Waals surface area contributed by atoms with Crippen LogP contribution in [0.2, 0.25) is 0 Å². The Balaban J connectivity index is 1.23. The first-order valence-corrected chi connectivity index (χ1v) is 12.3. The zero-order valence-corrected chi connectivity index (χ0v) is 21.0. The first kappa shape index (κ1) is 25.2. The molecule has 0 saturated carbocycles. The zero-order valence-electron chi connectivity index (χ0n) is 21.0. The van der Waals surface area contributed by atoms with Crippen molar-refractivity contribution in [3.05, 3.63) is 77.5 Å². The summed E-state index contributed by atoms with van der Waals surface area (Å²) in [7, 11) is 1.26. The highest BCUT2D eigenvalue weighted by atomic mass is 19.1. The van der Waals surface area contributed by atoms with Crippen molar-refractivity contribution in [2.24, 2.45) is 0 Å². The van der Waals surface area contributed by atoms with Gasteiger partial charge in [0.2, 0.25) is 11.8 Å². The number of halogens is 1. The van der Waals surface area contributed by atoms with E-state index >= 15 is 4.39 Å². The minimum atomic E-state index is -1.76. The topological polar surface area (TPSA) is 107 Å². The molecule has 196 valence electrons. The van der Waals surface area contributed by atoms with Crippen LogP contribution < -0.4 is 10.1 Å². The van der Waals surface area contributed by atoms with Crippen LogP contribution in [-0.2, 0) is 16.0 Å². The highest BCUT2D eigenvalue weighted by Gasteiger charge is 2.36. The lowest BCUT2D eigenvalue weighted by Gasteiger charge is -2.27. The van der Waals surface area contributed by atoms with Crippen LogP contribution in [0.1, 0.15) is 34.3 Å². The summed E-state index contributed by atoms with van der Waals surface area (Å²) in [5.74, 6) is -0.726. The van der Waals surface area contributed by atoms with Crippen molar-refractivity contribution in [3.8, 4) is 5.88 Å². The van der Waals surface area contributed by atoms with Gasteiger partial charge in [0, 0.05) is 24.5 Å². The number of fused-ring (bicyclic) bond motifs is 1. The van der Waals surface area contributed by atoms with Gasteiger partial charge in [0.05, 0.1) is 25.1 Å². The molecule has 0 aliphatic carbocycles. The number of alkyl halides is 1. The molecule has 1 aliphatic heterocycles. The molecular weight excluding hydrogens is 491 g/mol. The number of methoxy groups -OCH3 is 1. The molecule has 2 aromatic heterocycles. The summed E-state index contributed by atoms with van der Waals surface area (Å²) in [6, 6.07) is 15.7. The lowest BCUT2D eigenvalue weighted by molar-refractivity contribution is -0.135. The number of nitrogens with one attached hydrogen (secondary N) is 1. The number of pyridine rings is 1. The SMILES string of the molecule is COC(=O)c1ccc(OC(F)[C@@H]2CCCN2C(=O)Cc2ccc3nc(Nc4ccccc4C)oc3c2)nc1. The molecule has 1 N–H and O–H groups in total. The summed E-state index contributed by atoms with van der Waals surface area (Å²) < 4.78 is 31.0. The highest BCUT2D eigenvalue weighted by molar-refractivity contribution is 5.88. The van der Waals surface area contributed by atoms with Gasteiger partial charge < -0.3 is 24.1 Å². The first-order valence-electron chi connectivity index (χ1n) is 12.3. The average Bonchev–Trinajstić information content (AvgIpc) is 3.57. The summed E-state index contributed by atoms with van der Waals surface area (Å²) in [5.41, 5.74) is 4.15. The molecule has 3 heterocycles. The second-order valence-corrected chi connectivity index (χ2v) is 9.08. The highest BCUT2D eigenvalue weighted by Crippen LogP contribution is 2.27. The molecule has 1 amide bonds. The van der Waals surface area contributed by atoms with E-state index in [1.165, 1.54) is 30.3 Å². The Morgan fingerprint density at radius 1 is 1.21 bits per heavy atom. The van der Waals surface area contributed by atoms with Crippen LogP contribution in [0.25, 0.3) is 11.1 Å². The lowest BCUT2D eigenvalue weighted by Crippen LogP contribution is -2.44. The fourth-order valence-electron chi connectivity index (χ4n) is 4.49. The van der Waals surface area contributed by atoms with E-state index in [1.54, 1.807) is 12.1 Å². The van der Waals surface area contributed by atoms with Gasteiger partial charge in [-0.2, -0.15) is 9.37 Å². The molecule has 10 heteroatoms. The summed E-state index contributed by atoms with van der Waals surface area (Å²) in [6.45, 7) is 2.43. The van der Waals surface area contributed by atoms with E-state index in [2.05, 4.69) is 20.0 Å². The van der Waals surface area contributed by atoms with Gasteiger partial charge in [-0.3, -0.25) is 4.79 Å². The Labute approximate surface area is 218 Å². The minimum absolute atomic E-state index is 0.0235. The zero-order chi connectivity index (χ0) is 26.6. The van der Waals surface area contributed by atoms with E-state index < -0.39 is 18.4 Å². The number of ether oxygens (including phenoxy) is 2. The Kier molecular flexibility index (Phi) is 7.21. The molecule has 0 radical (unpaired) electrons. The number of hydrogen-bond donors (Lipinski definition) is 1. The number of likely N-dealkylation sites (tertiary alicyclic amines) is 1. The quantitative estimate of drug-likeness (QED) is 0.326.